The molecule has 8 bridgehead atoms. The molecule has 2 aliphatic heterocycles. The largest absolute Gasteiger partial charge is 2.00 e. The van der Waals surface area contributed by atoms with E-state index in [2.05, 4.69) is 95.2 Å². The van der Waals surface area contributed by atoms with Gasteiger partial charge in [0, 0.05) is 50.4 Å². The first-order chi connectivity index (χ1) is 47.0. The van der Waals surface area contributed by atoms with Crippen LogP contribution in [0.1, 0.15) is 248 Å². The second-order valence-electron chi connectivity index (χ2n) is 27.3. The topological polar surface area (TPSA) is 178 Å². The van der Waals surface area contributed by atoms with Crippen molar-refractivity contribution >= 4 is 50.4 Å². The summed E-state index contributed by atoms with van der Waals surface area (Å²) >= 11 is 0. The third kappa shape index (κ3) is 19.6. The van der Waals surface area contributed by atoms with Crippen molar-refractivity contribution in [1.29, 1.82) is 0 Å². The SMILES string of the molecule is CCCCC(CC)COc1cc2c(cc1OCC(CC)CCCC)-c1nc-2nc2[n-]c(nc3nc(nc4[n-]c(n1)c1cc(OCC(CC)CCCC)c(OCC(CC)CCCC)cc41)-c1cc(OCC(CC)CCCC)c(OCC(CC)CCCC)cc1-3)c1cc(C=O)ccc21.[Ni+2]. The number of unbranched alkanes of at least 4 members (excludes halogenated alkanes) is 6. The molecule has 0 radical (unpaired) electrons. The molecule has 0 aliphatic carbocycles. The van der Waals surface area contributed by atoms with Gasteiger partial charge in [0.2, 0.25) is 0 Å². The Morgan fingerprint density at radius 1 is 0.320 bits per heavy atom. The third-order valence-electron chi connectivity index (χ3n) is 20.2. The van der Waals surface area contributed by atoms with E-state index < -0.39 is 0 Å². The molecule has 0 saturated heterocycles. The van der Waals surface area contributed by atoms with Gasteiger partial charge in [0.25, 0.3) is 0 Å². The Kier molecular flexibility index (Phi) is 30.2. The average molecular weight is 1370 g/mol. The molecule has 16 heteroatoms. The van der Waals surface area contributed by atoms with E-state index >= 15 is 0 Å². The molecule has 0 spiro atoms. The summed E-state index contributed by atoms with van der Waals surface area (Å²) in [6.45, 7) is 30.1. The van der Waals surface area contributed by atoms with Crippen LogP contribution in [0.3, 0.4) is 0 Å². The first-order valence-corrected chi connectivity index (χ1v) is 37.6. The smallest absolute Gasteiger partial charge is 0.489 e. The molecule has 5 heterocycles. The summed E-state index contributed by atoms with van der Waals surface area (Å²) in [5, 5.41) is 2.76. The van der Waals surface area contributed by atoms with Gasteiger partial charge in [-0.3, -0.25) is 4.79 Å². The van der Waals surface area contributed by atoms with Crippen molar-refractivity contribution < 1.29 is 49.7 Å². The second-order valence-corrected chi connectivity index (χ2v) is 27.3. The van der Waals surface area contributed by atoms with E-state index in [1.807, 2.05) is 36.4 Å². The summed E-state index contributed by atoms with van der Waals surface area (Å²) in [5.41, 5.74) is 4.79. The van der Waals surface area contributed by atoms with E-state index in [9.17, 15) is 4.79 Å². The molecule has 4 aromatic carbocycles. The van der Waals surface area contributed by atoms with Gasteiger partial charge in [-0.1, -0.05) is 211 Å². The van der Waals surface area contributed by atoms with Crippen LogP contribution in [0.4, 0.5) is 0 Å². The molecule has 2 aliphatic rings. The van der Waals surface area contributed by atoms with Gasteiger partial charge in [-0.05, 0) is 138 Å². The summed E-state index contributed by atoms with van der Waals surface area (Å²) in [4.78, 5) is 56.0. The Morgan fingerprint density at radius 2 is 0.557 bits per heavy atom. The van der Waals surface area contributed by atoms with Crippen molar-refractivity contribution in [2.45, 2.75) is 237 Å². The van der Waals surface area contributed by atoms with Gasteiger partial charge < -0.3 is 58.3 Å². The van der Waals surface area contributed by atoms with Gasteiger partial charge in [0.15, 0.2) is 34.5 Å². The van der Waals surface area contributed by atoms with Crippen molar-refractivity contribution in [3.63, 3.8) is 0 Å². The summed E-state index contributed by atoms with van der Waals surface area (Å²) in [6, 6.07) is 17.7. The van der Waals surface area contributed by atoms with Gasteiger partial charge in [-0.25, -0.2) is 9.97 Å². The zero-order valence-corrected chi connectivity index (χ0v) is 61.7. The van der Waals surface area contributed by atoms with Crippen molar-refractivity contribution in [2.75, 3.05) is 39.6 Å². The molecule has 0 saturated carbocycles. The first kappa shape index (κ1) is 76.0. The second kappa shape index (κ2) is 38.5. The molecule has 3 aromatic heterocycles. The maximum Gasteiger partial charge on any atom is 2.00 e. The van der Waals surface area contributed by atoms with E-state index in [1.54, 1.807) is 6.07 Å². The summed E-state index contributed by atoms with van der Waals surface area (Å²) in [6.07, 6.45) is 26.7. The normalized spacial score (nSPS) is 13.7. The molecule has 97 heavy (non-hydrogen) atoms. The fourth-order valence-corrected chi connectivity index (χ4v) is 13.1. The van der Waals surface area contributed by atoms with E-state index in [0.717, 1.165) is 166 Å². The van der Waals surface area contributed by atoms with Crippen LogP contribution in [0.15, 0.2) is 54.6 Å². The van der Waals surface area contributed by atoms with Crippen LogP contribution in [0, 0.1) is 35.5 Å². The number of rotatable bonds is 43. The maximum atomic E-state index is 12.7. The molecule has 6 atom stereocenters. The minimum atomic E-state index is 0. The summed E-state index contributed by atoms with van der Waals surface area (Å²) < 4.78 is 41.8. The Labute approximate surface area is 589 Å². The number of carbonyl (C=O) groups excluding carboxylic acids is 1. The van der Waals surface area contributed by atoms with Gasteiger partial charge in [0.1, 0.15) is 6.29 Å². The van der Waals surface area contributed by atoms with Crippen LogP contribution in [0.2, 0.25) is 0 Å². The van der Waals surface area contributed by atoms with E-state index in [-0.39, 0.29) is 16.5 Å². The molecule has 0 amide bonds. The number of aromatic nitrogens is 8. The van der Waals surface area contributed by atoms with Crippen molar-refractivity contribution in [2.24, 2.45) is 35.5 Å². The van der Waals surface area contributed by atoms with Gasteiger partial charge in [0.05, 0.1) is 62.9 Å². The number of hydrogen-bond donors (Lipinski definition) is 0. The average Bonchev–Trinajstić information content (AvgIpc) is 1.61. The van der Waals surface area contributed by atoms with Crippen LogP contribution >= 0.6 is 0 Å². The van der Waals surface area contributed by atoms with Crippen LogP contribution in [0.25, 0.3) is 89.7 Å². The molecule has 528 valence electrons. The zero-order chi connectivity index (χ0) is 67.9. The van der Waals surface area contributed by atoms with Crippen LogP contribution in [-0.2, 0) is 16.5 Å². The summed E-state index contributed by atoms with van der Waals surface area (Å²) in [7, 11) is 0. The molecule has 0 N–H and O–H groups in total. The molecular formula is C81H112N8NiO7. The molecular weight excluding hydrogens is 1260 g/mol. The van der Waals surface area contributed by atoms with E-state index in [1.165, 1.54) is 0 Å². The number of fused-ring (bicyclic) bond motifs is 20. The Hall–Kier alpha value is -6.80. The number of benzene rings is 4. The number of aldehydes is 1. The number of ether oxygens (including phenoxy) is 6. The van der Waals surface area contributed by atoms with E-state index in [4.69, 9.17) is 68.3 Å². The van der Waals surface area contributed by atoms with Crippen LogP contribution < -0.4 is 38.4 Å². The van der Waals surface area contributed by atoms with Gasteiger partial charge in [-0.15, -0.1) is 0 Å². The van der Waals surface area contributed by atoms with Crippen molar-refractivity contribution in [3.8, 4) is 80.0 Å². The Balaban J connectivity index is 0.0000120. The van der Waals surface area contributed by atoms with Gasteiger partial charge in [-0.2, -0.15) is 0 Å². The zero-order valence-electron chi connectivity index (χ0n) is 60.7. The molecule has 15 nitrogen and oxygen atoms in total. The summed E-state index contributed by atoms with van der Waals surface area (Å²) in [5.74, 6) is 7.45. The Bertz CT molecular complexity index is 3810. The minimum Gasteiger partial charge on any atom is -0.489 e. The number of hydrogen-bond acceptors (Lipinski definition) is 13. The quantitative estimate of drug-likeness (QED) is 0.0260. The molecule has 6 unspecified atom stereocenters. The number of carbonyl (C=O) groups is 1. The van der Waals surface area contributed by atoms with E-state index in [0.29, 0.717) is 200 Å². The predicted octanol–water partition coefficient (Wildman–Crippen LogP) is 21.5. The van der Waals surface area contributed by atoms with Gasteiger partial charge >= 0.3 is 16.5 Å². The van der Waals surface area contributed by atoms with Crippen molar-refractivity contribution in [3.05, 3.63) is 60.2 Å². The third-order valence-corrected chi connectivity index (χ3v) is 20.2. The number of nitrogens with zero attached hydrogens (tertiary/aromatic N) is 8. The fourth-order valence-electron chi connectivity index (χ4n) is 13.1. The fraction of sp³-hybridized carbons (Fsp3) is 0.593. The van der Waals surface area contributed by atoms with Crippen LogP contribution in [0.5, 0.6) is 34.5 Å². The first-order valence-electron chi connectivity index (χ1n) is 37.6. The van der Waals surface area contributed by atoms with Crippen molar-refractivity contribution in [1.82, 2.24) is 39.9 Å². The standard InChI is InChI=1S/C81H113N8O7.Ni/c1-13-25-31-53(19-7)47-91-68-40-62-63(41-69(68)92-48-54(20-8)32-26-14-2)78-85-76(62)83-74-60-38-37-59(46-90)39-61(60)75(82-74)84-77-64-42-70(93-49-55(21-9)33-27-15-3)71(94-50-56(22-10)34-28-16-4)43-65(64)79(86-77)88-81-67-45-73(96-52-58(24-12)36-30-18-6)72(44-66(67)80(87-78)89-81)95-51-57(23-11)35-29-17-5;/h37-46,53-58H,13-36,47-52H2,1-12H3,(H-,82,83,84,85,86,87,88,89,90);/q-1;+2/p-1. The maximum absolute atomic E-state index is 12.7. The molecule has 9 rings (SSSR count). The van der Waals surface area contributed by atoms with Crippen LogP contribution in [-0.4, -0.2) is 75.8 Å². The molecule has 0 fully saturated rings. The minimum absolute atomic E-state index is 0. The monoisotopic (exact) mass is 1370 g/mol. The molecule has 7 aromatic rings. The predicted molar refractivity (Wildman–Crippen MR) is 392 cm³/mol. The Morgan fingerprint density at radius 3 is 0.794 bits per heavy atom.